The van der Waals surface area contributed by atoms with E-state index in [9.17, 15) is 9.90 Å². The van der Waals surface area contributed by atoms with Crippen molar-refractivity contribution in [3.05, 3.63) is 0 Å². The van der Waals surface area contributed by atoms with E-state index in [0.717, 1.165) is 25.7 Å². The molecule has 17 heavy (non-hydrogen) atoms. The highest BCUT2D eigenvalue weighted by Crippen LogP contribution is 2.28. The molecule has 1 amide bonds. The van der Waals surface area contributed by atoms with Gasteiger partial charge < -0.3 is 10.0 Å². The van der Waals surface area contributed by atoms with Gasteiger partial charge in [0.05, 0.1) is 6.10 Å². The predicted molar refractivity (Wildman–Crippen MR) is 69.8 cm³/mol. The number of hydrogen-bond donors (Lipinski definition) is 1. The molecule has 1 N–H and O–H groups in total. The van der Waals surface area contributed by atoms with Crippen LogP contribution in [0.2, 0.25) is 0 Å². The van der Waals surface area contributed by atoms with Gasteiger partial charge in [0, 0.05) is 18.5 Å². The number of hydrogen-bond acceptors (Lipinski definition) is 2. The number of rotatable bonds is 5. The molecule has 1 atom stereocenters. The maximum Gasteiger partial charge on any atom is 0.223 e. The summed E-state index contributed by atoms with van der Waals surface area (Å²) in [6, 6.07) is 0. The van der Waals surface area contributed by atoms with Crippen LogP contribution in [-0.2, 0) is 4.79 Å². The van der Waals surface area contributed by atoms with E-state index >= 15 is 0 Å². The van der Waals surface area contributed by atoms with Gasteiger partial charge in [0.25, 0.3) is 0 Å². The molecule has 0 radical (unpaired) electrons. The molecule has 0 spiro atoms. The summed E-state index contributed by atoms with van der Waals surface area (Å²) in [5, 5.41) is 9.68. The van der Waals surface area contributed by atoms with Gasteiger partial charge in [0.2, 0.25) is 5.91 Å². The number of aliphatic hydroxyl groups excluding tert-OH is 1. The smallest absolute Gasteiger partial charge is 0.223 e. The molecular formula is C14H27NO2. The van der Waals surface area contributed by atoms with E-state index in [1.807, 2.05) is 4.90 Å². The average Bonchev–Trinajstić information content (AvgIpc) is 2.27. The minimum Gasteiger partial charge on any atom is -0.391 e. The molecule has 3 nitrogen and oxygen atoms in total. The Morgan fingerprint density at radius 3 is 2.71 bits per heavy atom. The van der Waals surface area contributed by atoms with Crippen LogP contribution in [0.5, 0.6) is 0 Å². The lowest BCUT2D eigenvalue weighted by molar-refractivity contribution is -0.142. The first-order chi connectivity index (χ1) is 7.97. The van der Waals surface area contributed by atoms with Gasteiger partial charge in [-0.1, -0.05) is 26.2 Å². The van der Waals surface area contributed by atoms with Crippen LogP contribution >= 0.6 is 0 Å². The Morgan fingerprint density at radius 2 is 2.06 bits per heavy atom. The number of carbonyl (C=O) groups excluding carboxylic acids is 1. The molecule has 100 valence electrons. The first-order valence-electron chi connectivity index (χ1n) is 6.96. The molecule has 1 aliphatic rings. The van der Waals surface area contributed by atoms with Gasteiger partial charge in [-0.05, 0) is 33.1 Å². The molecule has 1 fully saturated rings. The maximum absolute atomic E-state index is 12.1. The topological polar surface area (TPSA) is 40.5 Å². The highest BCUT2D eigenvalue weighted by Gasteiger charge is 2.35. The van der Waals surface area contributed by atoms with Crippen LogP contribution in [0.25, 0.3) is 0 Å². The van der Waals surface area contributed by atoms with E-state index in [1.165, 1.54) is 12.8 Å². The highest BCUT2D eigenvalue weighted by atomic mass is 16.3. The van der Waals surface area contributed by atoms with Crippen LogP contribution in [0.3, 0.4) is 0 Å². The van der Waals surface area contributed by atoms with Crippen LogP contribution in [0, 0.1) is 0 Å². The average molecular weight is 241 g/mol. The third-order valence-electron chi connectivity index (χ3n) is 3.76. The summed E-state index contributed by atoms with van der Waals surface area (Å²) >= 11 is 0. The molecule has 3 heteroatoms. The van der Waals surface area contributed by atoms with Crippen LogP contribution in [-0.4, -0.2) is 34.1 Å². The zero-order chi connectivity index (χ0) is 12.9. The zero-order valence-corrected chi connectivity index (χ0v) is 11.5. The Kier molecular flexibility index (Phi) is 5.44. The van der Waals surface area contributed by atoms with E-state index in [-0.39, 0.29) is 17.6 Å². The summed E-state index contributed by atoms with van der Waals surface area (Å²) in [5.41, 5.74) is -0.0823. The third kappa shape index (κ3) is 4.30. The van der Waals surface area contributed by atoms with Crippen molar-refractivity contribution < 1.29 is 9.90 Å². The van der Waals surface area contributed by atoms with Crippen molar-refractivity contribution in [2.75, 3.05) is 6.54 Å². The SMILES string of the molecule is CCCCCCC(=O)N1CC(O)CCC1(C)C. The Balaban J connectivity index is 2.42. The van der Waals surface area contributed by atoms with E-state index in [2.05, 4.69) is 20.8 Å². The Hall–Kier alpha value is -0.570. The highest BCUT2D eigenvalue weighted by molar-refractivity contribution is 5.77. The first kappa shape index (κ1) is 14.5. The van der Waals surface area contributed by atoms with Crippen LogP contribution < -0.4 is 0 Å². The van der Waals surface area contributed by atoms with Gasteiger partial charge in [-0.2, -0.15) is 0 Å². The fraction of sp³-hybridized carbons (Fsp3) is 0.929. The van der Waals surface area contributed by atoms with Crippen LogP contribution in [0.15, 0.2) is 0 Å². The Morgan fingerprint density at radius 1 is 1.35 bits per heavy atom. The number of carbonyl (C=O) groups is 1. The van der Waals surface area contributed by atoms with Crippen molar-refractivity contribution in [2.45, 2.75) is 77.4 Å². The van der Waals surface area contributed by atoms with Crippen molar-refractivity contribution in [3.63, 3.8) is 0 Å². The number of likely N-dealkylation sites (tertiary alicyclic amines) is 1. The van der Waals surface area contributed by atoms with Crippen LogP contribution in [0.4, 0.5) is 0 Å². The quantitative estimate of drug-likeness (QED) is 0.752. The van der Waals surface area contributed by atoms with Gasteiger partial charge in [-0.25, -0.2) is 0 Å². The Labute approximate surface area is 105 Å². The summed E-state index contributed by atoms with van der Waals surface area (Å²) in [7, 11) is 0. The van der Waals surface area contributed by atoms with Gasteiger partial charge >= 0.3 is 0 Å². The normalized spacial score (nSPS) is 23.8. The molecule has 1 heterocycles. The Bertz CT molecular complexity index is 251. The largest absolute Gasteiger partial charge is 0.391 e. The number of piperidine rings is 1. The summed E-state index contributed by atoms with van der Waals surface area (Å²) in [5.74, 6) is 0.213. The molecule has 0 aromatic carbocycles. The monoisotopic (exact) mass is 241 g/mol. The molecule has 1 rings (SSSR count). The maximum atomic E-state index is 12.1. The molecule has 0 bridgehead atoms. The summed E-state index contributed by atoms with van der Waals surface area (Å²) in [6.07, 6.45) is 6.54. The summed E-state index contributed by atoms with van der Waals surface area (Å²) in [4.78, 5) is 14.0. The van der Waals surface area contributed by atoms with Crippen molar-refractivity contribution in [1.29, 1.82) is 0 Å². The number of aliphatic hydroxyl groups is 1. The minimum atomic E-state index is -0.331. The predicted octanol–water partition coefficient (Wildman–Crippen LogP) is 2.72. The molecule has 1 saturated heterocycles. The number of β-amino-alcohol motifs (C(OH)–C–C–N with tert-alkyl or cyclic N) is 1. The second-order valence-electron chi connectivity index (χ2n) is 5.82. The molecular weight excluding hydrogens is 214 g/mol. The van der Waals surface area contributed by atoms with Crippen molar-refractivity contribution in [1.82, 2.24) is 4.90 Å². The van der Waals surface area contributed by atoms with Crippen molar-refractivity contribution in [3.8, 4) is 0 Å². The lowest BCUT2D eigenvalue weighted by Crippen LogP contribution is -2.54. The van der Waals surface area contributed by atoms with Crippen molar-refractivity contribution in [2.24, 2.45) is 0 Å². The lowest BCUT2D eigenvalue weighted by atomic mass is 9.88. The molecule has 1 unspecified atom stereocenters. The fourth-order valence-corrected chi connectivity index (χ4v) is 2.48. The summed E-state index contributed by atoms with van der Waals surface area (Å²) < 4.78 is 0. The first-order valence-corrected chi connectivity index (χ1v) is 6.96. The third-order valence-corrected chi connectivity index (χ3v) is 3.76. The molecule has 0 aliphatic carbocycles. The number of unbranched alkanes of at least 4 members (excludes halogenated alkanes) is 3. The fourth-order valence-electron chi connectivity index (χ4n) is 2.48. The number of nitrogens with zero attached hydrogens (tertiary/aromatic N) is 1. The van der Waals surface area contributed by atoms with Crippen LogP contribution in [0.1, 0.15) is 65.7 Å². The summed E-state index contributed by atoms with van der Waals surface area (Å²) in [6.45, 7) is 6.89. The molecule has 0 saturated carbocycles. The van der Waals surface area contributed by atoms with E-state index < -0.39 is 0 Å². The van der Waals surface area contributed by atoms with E-state index in [1.54, 1.807) is 0 Å². The molecule has 0 aromatic heterocycles. The standard InChI is InChI=1S/C14H27NO2/c1-4-5-6-7-8-13(17)15-11-12(16)9-10-14(15,2)3/h12,16H,4-11H2,1-3H3. The second kappa shape index (κ2) is 6.39. The second-order valence-corrected chi connectivity index (χ2v) is 5.82. The van der Waals surface area contributed by atoms with Crippen molar-refractivity contribution >= 4 is 5.91 Å². The van der Waals surface area contributed by atoms with Gasteiger partial charge in [0.15, 0.2) is 0 Å². The van der Waals surface area contributed by atoms with Gasteiger partial charge in [-0.3, -0.25) is 4.79 Å². The molecule has 1 aliphatic heterocycles. The van der Waals surface area contributed by atoms with Gasteiger partial charge in [-0.15, -0.1) is 0 Å². The van der Waals surface area contributed by atoms with E-state index in [4.69, 9.17) is 0 Å². The van der Waals surface area contributed by atoms with Gasteiger partial charge in [0.1, 0.15) is 0 Å². The zero-order valence-electron chi connectivity index (χ0n) is 11.5. The minimum absolute atomic E-state index is 0.0823. The lowest BCUT2D eigenvalue weighted by Gasteiger charge is -2.44. The van der Waals surface area contributed by atoms with E-state index in [0.29, 0.717) is 13.0 Å². The number of amides is 1. The molecule has 0 aromatic rings.